The molecule has 0 aromatic heterocycles. The maximum absolute atomic E-state index is 11.7. The number of rotatable bonds is 4. The first-order valence-electron chi connectivity index (χ1n) is 6.19. The molecule has 1 atom stereocenters. The summed E-state index contributed by atoms with van der Waals surface area (Å²) >= 11 is 0. The second kappa shape index (κ2) is 5.28. The number of anilines is 1. The number of carbonyl (C=O) groups is 2. The average molecular weight is 278 g/mol. The Kier molecular flexibility index (Phi) is 3.69. The molecule has 7 nitrogen and oxygen atoms in total. The van der Waals surface area contributed by atoms with Gasteiger partial charge in [0, 0.05) is 18.1 Å². The number of nitrogens with zero attached hydrogens (tertiary/aromatic N) is 1. The predicted octanol–water partition coefficient (Wildman–Crippen LogP) is 1.70. The summed E-state index contributed by atoms with van der Waals surface area (Å²) in [4.78, 5) is 33.6. The van der Waals surface area contributed by atoms with Crippen molar-refractivity contribution in [3.05, 3.63) is 33.4 Å². The normalized spacial score (nSPS) is 16.2. The topological polar surface area (TPSA) is 98.5 Å². The van der Waals surface area contributed by atoms with E-state index in [0.717, 1.165) is 0 Å². The number of nitro groups is 1. The van der Waals surface area contributed by atoms with Gasteiger partial charge in [0.1, 0.15) is 11.7 Å². The van der Waals surface area contributed by atoms with Crippen LogP contribution >= 0.6 is 0 Å². The number of ketones is 1. The zero-order valence-corrected chi connectivity index (χ0v) is 11.1. The molecule has 0 bridgehead atoms. The number of fused-ring (bicyclic) bond motifs is 1. The van der Waals surface area contributed by atoms with Gasteiger partial charge in [-0.05, 0) is 25.5 Å². The van der Waals surface area contributed by atoms with Crippen molar-refractivity contribution in [3.8, 4) is 0 Å². The van der Waals surface area contributed by atoms with Crippen LogP contribution in [0.2, 0.25) is 0 Å². The van der Waals surface area contributed by atoms with Crippen molar-refractivity contribution in [1.82, 2.24) is 0 Å². The van der Waals surface area contributed by atoms with Gasteiger partial charge >= 0.3 is 5.97 Å². The van der Waals surface area contributed by atoms with Gasteiger partial charge in [-0.1, -0.05) is 0 Å². The Morgan fingerprint density at radius 2 is 2.20 bits per heavy atom. The smallest absolute Gasteiger partial charge is 0.328 e. The minimum atomic E-state index is -0.647. The third kappa shape index (κ3) is 2.47. The lowest BCUT2D eigenvalue weighted by molar-refractivity contribution is -0.384. The highest BCUT2D eigenvalue weighted by atomic mass is 16.6. The third-order valence-electron chi connectivity index (χ3n) is 3.12. The van der Waals surface area contributed by atoms with Crippen LogP contribution < -0.4 is 5.32 Å². The molecule has 2 rings (SSSR count). The Bertz CT molecular complexity index is 597. The number of carbonyl (C=O) groups excluding carboxylic acids is 2. The van der Waals surface area contributed by atoms with Gasteiger partial charge < -0.3 is 10.1 Å². The summed E-state index contributed by atoms with van der Waals surface area (Å²) in [5, 5.41) is 13.9. The standard InChI is InChI=1S/C13H14N2O5/c1-3-20-13(17)10-5-9-4-8(7(2)16)6-11(15(18)19)12(9)14-10/h4,6,10,14H,3,5H2,1-2H3. The molecule has 1 heterocycles. The van der Waals surface area contributed by atoms with E-state index in [4.69, 9.17) is 4.74 Å². The maximum Gasteiger partial charge on any atom is 0.328 e. The van der Waals surface area contributed by atoms with Crippen LogP contribution in [0.1, 0.15) is 29.8 Å². The van der Waals surface area contributed by atoms with E-state index in [1.165, 1.54) is 13.0 Å². The molecule has 1 aliphatic rings. The van der Waals surface area contributed by atoms with Gasteiger partial charge in [-0.25, -0.2) is 4.79 Å². The Labute approximate surface area is 115 Å². The lowest BCUT2D eigenvalue weighted by Crippen LogP contribution is -2.29. The number of nitrogens with one attached hydrogen (secondary N) is 1. The van der Waals surface area contributed by atoms with Crippen LogP contribution in [-0.4, -0.2) is 29.3 Å². The zero-order valence-electron chi connectivity index (χ0n) is 11.1. The number of nitro benzene ring substituents is 1. The average Bonchev–Trinajstić information content (AvgIpc) is 2.81. The molecule has 1 N–H and O–H groups in total. The molecule has 1 aromatic carbocycles. The lowest BCUT2D eigenvalue weighted by atomic mass is 10.0. The van der Waals surface area contributed by atoms with E-state index in [1.54, 1.807) is 13.0 Å². The second-order valence-electron chi connectivity index (χ2n) is 4.50. The predicted molar refractivity (Wildman–Crippen MR) is 70.8 cm³/mol. The molecule has 106 valence electrons. The zero-order chi connectivity index (χ0) is 14.9. The molecule has 0 aliphatic carbocycles. The summed E-state index contributed by atoms with van der Waals surface area (Å²) in [5.74, 6) is -0.710. The van der Waals surface area contributed by atoms with Crippen molar-refractivity contribution in [2.45, 2.75) is 26.3 Å². The van der Waals surface area contributed by atoms with Crippen molar-refractivity contribution in [2.24, 2.45) is 0 Å². The van der Waals surface area contributed by atoms with E-state index in [-0.39, 0.29) is 35.7 Å². The first-order valence-corrected chi connectivity index (χ1v) is 6.19. The Morgan fingerprint density at radius 3 is 2.75 bits per heavy atom. The number of Topliss-reactive ketones (excluding diaryl/α,β-unsaturated/α-hetero) is 1. The van der Waals surface area contributed by atoms with Gasteiger partial charge in [0.2, 0.25) is 0 Å². The highest BCUT2D eigenvalue weighted by molar-refractivity contribution is 5.97. The molecule has 0 fully saturated rings. The summed E-state index contributed by atoms with van der Waals surface area (Å²) in [6, 6.07) is 2.16. The first kappa shape index (κ1) is 14.0. The Hall–Kier alpha value is -2.44. The van der Waals surface area contributed by atoms with Crippen LogP contribution in [0.3, 0.4) is 0 Å². The van der Waals surface area contributed by atoms with E-state index >= 15 is 0 Å². The minimum absolute atomic E-state index is 0.195. The fourth-order valence-electron chi connectivity index (χ4n) is 2.19. The van der Waals surface area contributed by atoms with Gasteiger partial charge in [0.15, 0.2) is 5.78 Å². The summed E-state index contributed by atoms with van der Waals surface area (Å²) in [7, 11) is 0. The first-order chi connectivity index (χ1) is 9.43. The third-order valence-corrected chi connectivity index (χ3v) is 3.12. The highest BCUT2D eigenvalue weighted by Crippen LogP contribution is 2.36. The van der Waals surface area contributed by atoms with Crippen LogP contribution in [0.15, 0.2) is 12.1 Å². The summed E-state index contributed by atoms with van der Waals surface area (Å²) in [6.07, 6.45) is 0.274. The molecule has 0 radical (unpaired) electrons. The van der Waals surface area contributed by atoms with Crippen LogP contribution in [0.25, 0.3) is 0 Å². The van der Waals surface area contributed by atoms with E-state index in [9.17, 15) is 19.7 Å². The van der Waals surface area contributed by atoms with Crippen molar-refractivity contribution < 1.29 is 19.2 Å². The molecule has 1 aliphatic heterocycles. The summed E-state index contributed by atoms with van der Waals surface area (Å²) < 4.78 is 4.90. The highest BCUT2D eigenvalue weighted by Gasteiger charge is 2.33. The van der Waals surface area contributed by atoms with Crippen LogP contribution in [-0.2, 0) is 16.0 Å². The molecule has 7 heteroatoms. The van der Waals surface area contributed by atoms with E-state index in [2.05, 4.69) is 5.32 Å². The lowest BCUT2D eigenvalue weighted by Gasteiger charge is -2.09. The molecule has 20 heavy (non-hydrogen) atoms. The Balaban J connectivity index is 2.40. The molecule has 0 amide bonds. The summed E-state index contributed by atoms with van der Waals surface area (Å²) in [6.45, 7) is 3.28. The van der Waals surface area contributed by atoms with Crippen molar-refractivity contribution in [2.75, 3.05) is 11.9 Å². The molecule has 0 saturated heterocycles. The fraction of sp³-hybridized carbons (Fsp3) is 0.385. The maximum atomic E-state index is 11.7. The number of esters is 1. The minimum Gasteiger partial charge on any atom is -0.464 e. The molecule has 1 unspecified atom stereocenters. The van der Waals surface area contributed by atoms with Crippen molar-refractivity contribution in [1.29, 1.82) is 0 Å². The van der Waals surface area contributed by atoms with Gasteiger partial charge in [-0.3, -0.25) is 14.9 Å². The van der Waals surface area contributed by atoms with Crippen LogP contribution in [0, 0.1) is 10.1 Å². The van der Waals surface area contributed by atoms with Crippen LogP contribution in [0.4, 0.5) is 11.4 Å². The molecule has 0 saturated carbocycles. The molecule has 0 spiro atoms. The second-order valence-corrected chi connectivity index (χ2v) is 4.50. The monoisotopic (exact) mass is 278 g/mol. The van der Waals surface area contributed by atoms with Gasteiger partial charge in [0.25, 0.3) is 5.69 Å². The number of hydrogen-bond donors (Lipinski definition) is 1. The van der Waals surface area contributed by atoms with Crippen molar-refractivity contribution >= 4 is 23.1 Å². The van der Waals surface area contributed by atoms with Crippen LogP contribution in [0.5, 0.6) is 0 Å². The van der Waals surface area contributed by atoms with E-state index in [0.29, 0.717) is 5.56 Å². The summed E-state index contributed by atoms with van der Waals surface area (Å²) in [5.41, 5.74) is 0.946. The van der Waals surface area contributed by atoms with Gasteiger partial charge in [0.05, 0.1) is 11.5 Å². The van der Waals surface area contributed by atoms with Crippen molar-refractivity contribution in [3.63, 3.8) is 0 Å². The quantitative estimate of drug-likeness (QED) is 0.389. The number of hydrogen-bond acceptors (Lipinski definition) is 6. The van der Waals surface area contributed by atoms with E-state index < -0.39 is 16.9 Å². The molecular weight excluding hydrogens is 264 g/mol. The van der Waals surface area contributed by atoms with E-state index in [1.807, 2.05) is 0 Å². The number of benzene rings is 1. The largest absolute Gasteiger partial charge is 0.464 e. The SMILES string of the molecule is CCOC(=O)C1Cc2cc(C(C)=O)cc([N+](=O)[O-])c2N1. The van der Waals surface area contributed by atoms with Gasteiger partial charge in [-0.15, -0.1) is 0 Å². The Morgan fingerprint density at radius 1 is 1.50 bits per heavy atom. The van der Waals surface area contributed by atoms with Gasteiger partial charge in [-0.2, -0.15) is 0 Å². The fourth-order valence-corrected chi connectivity index (χ4v) is 2.19. The molecule has 1 aromatic rings. The number of ether oxygens (including phenoxy) is 1. The molecular formula is C13H14N2O5.